The van der Waals surface area contributed by atoms with Gasteiger partial charge >= 0.3 is 113 Å². The molecule has 4 unspecified atom stereocenters. The molecule has 29 nitrogen and oxygen atoms in total. The zero-order valence-electron chi connectivity index (χ0n) is 85.6. The largest absolute Gasteiger partial charge is 0.463 e. The van der Waals surface area contributed by atoms with E-state index >= 15 is 0 Å². The number of carbonyl (C=O) groups is 14. The summed E-state index contributed by atoms with van der Waals surface area (Å²) in [5.41, 5.74) is -6.42. The summed E-state index contributed by atoms with van der Waals surface area (Å²) in [5, 5.41) is 0. The Morgan fingerprint density at radius 1 is 0.247 bits per heavy atom. The second-order valence-corrected chi connectivity index (χ2v) is 46.9. The van der Waals surface area contributed by atoms with E-state index in [0.717, 1.165) is 247 Å². The van der Waals surface area contributed by atoms with Gasteiger partial charge in [-0.3, -0.25) is 4.79 Å². The maximum Gasteiger partial charge on any atom is 0.404 e. The number of rotatable bonds is 35. The monoisotopic (exact) mass is 2110 g/mol. The zero-order chi connectivity index (χ0) is 108. The minimum Gasteiger partial charge on any atom is -0.463 e. The topological polar surface area (TPSA) is 377 Å². The molecule has 0 aromatic rings. The predicted molar refractivity (Wildman–Crippen MR) is 488 cm³/mol. The van der Waals surface area contributed by atoms with E-state index in [-0.39, 0.29) is 47.6 Å². The molecule has 1 heterocycles. The van der Waals surface area contributed by atoms with Gasteiger partial charge in [0.25, 0.3) is 0 Å². The number of halogens is 13. The summed E-state index contributed by atoms with van der Waals surface area (Å²) in [6.07, 6.45) is 37.3. The van der Waals surface area contributed by atoms with Crippen LogP contribution in [0.4, 0.5) is 57.1 Å². The van der Waals surface area contributed by atoms with Crippen LogP contribution < -0.4 is 0 Å². The fourth-order valence-electron chi connectivity index (χ4n) is 26.6. The number of carbonyl (C=O) groups excluding carboxylic acids is 14. The minimum absolute atomic E-state index is 0.0274. The highest BCUT2D eigenvalue weighted by Gasteiger charge is 2.58. The summed E-state index contributed by atoms with van der Waals surface area (Å²) in [4.78, 5) is 158. The summed E-state index contributed by atoms with van der Waals surface area (Å²) >= 11 is 0. The van der Waals surface area contributed by atoms with Gasteiger partial charge in [0.2, 0.25) is 11.3 Å². The molecule has 1 aliphatic heterocycles. The van der Waals surface area contributed by atoms with E-state index in [9.17, 15) is 124 Å². The number of hydrogen-bond acceptors (Lipinski definition) is 29. The maximum absolute atomic E-state index is 13.3. The molecule has 20 fully saturated rings. The van der Waals surface area contributed by atoms with E-state index in [0.29, 0.717) is 78.5 Å². The van der Waals surface area contributed by atoms with Crippen molar-refractivity contribution in [1.82, 2.24) is 0 Å². The predicted octanol–water partition coefficient (Wildman–Crippen LogP) is 18.7. The van der Waals surface area contributed by atoms with Crippen molar-refractivity contribution in [1.29, 1.82) is 0 Å². The molecule has 0 aromatic carbocycles. The van der Waals surface area contributed by atoms with E-state index in [1.165, 1.54) is 103 Å². The van der Waals surface area contributed by atoms with E-state index in [4.69, 9.17) is 37.9 Å². The number of esters is 14. The Labute approximate surface area is 843 Å². The van der Waals surface area contributed by atoms with Crippen LogP contribution in [0, 0.1) is 122 Å². The number of alkyl halides is 13. The molecule has 0 aromatic heterocycles. The van der Waals surface area contributed by atoms with Gasteiger partial charge in [-0.05, 0) is 342 Å². The third-order valence-corrected chi connectivity index (χ3v) is 31.9. The molecular formula is C104H149F13O29. The SMILES string of the molecule is CC(C)(C(=O)OCC(=O)OCC12CC3CC(CC(C3)C1)C2)C(F)(F)F.CC(C)(F)C(=O)OCC(=O)OCC12CC3CC(CC(C3)C1)C2.CC(C)(F)C(=O)OCC(=O)OCC12CC3CC(CC(C3)C1)C2.CC(F)(F)C(=O)OCC(=O)OCC12CC3CC(CC(C3)C1)C2.CC(F)(F)C(=O)OCC(=O)OCC1CC2CCC1C2.CC(F)(F)C(=O)OCC(=O)OCC1CCCCC1.CC(F)(F)C(=O)OCC(=O)OCC1CCCCO1. The van der Waals surface area contributed by atoms with Crippen LogP contribution in [0.25, 0.3) is 0 Å². The Morgan fingerprint density at radius 3 is 0.726 bits per heavy atom. The lowest BCUT2D eigenvalue weighted by Gasteiger charge is -2.56. The van der Waals surface area contributed by atoms with Crippen LogP contribution in [0.3, 0.4) is 0 Å². The van der Waals surface area contributed by atoms with E-state index in [1.54, 1.807) is 0 Å². The van der Waals surface area contributed by atoms with Crippen molar-refractivity contribution in [2.45, 2.75) is 348 Å². The van der Waals surface area contributed by atoms with Gasteiger partial charge in [0.15, 0.2) is 51.7 Å². The molecule has 0 spiro atoms. The first-order chi connectivity index (χ1) is 67.9. The fourth-order valence-corrected chi connectivity index (χ4v) is 26.6. The van der Waals surface area contributed by atoms with E-state index in [1.807, 2.05) is 0 Å². The molecular weight excluding hydrogens is 1960 g/mol. The minimum atomic E-state index is -4.73. The van der Waals surface area contributed by atoms with Crippen molar-refractivity contribution in [3.05, 3.63) is 0 Å². The molecule has 20 aliphatic rings. The van der Waals surface area contributed by atoms with Crippen LogP contribution in [-0.4, -0.2) is 230 Å². The Balaban J connectivity index is 0.000000175. The van der Waals surface area contributed by atoms with Gasteiger partial charge < -0.3 is 71.1 Å². The highest BCUT2D eigenvalue weighted by Crippen LogP contribution is 2.64. The lowest BCUT2D eigenvalue weighted by molar-refractivity contribution is -0.225. The second-order valence-electron chi connectivity index (χ2n) is 46.9. The van der Waals surface area contributed by atoms with Gasteiger partial charge in [-0.15, -0.1) is 0 Å². The van der Waals surface area contributed by atoms with Gasteiger partial charge in [0, 0.05) is 56.0 Å². The molecule has 42 heteroatoms. The van der Waals surface area contributed by atoms with Crippen LogP contribution in [0.1, 0.15) is 300 Å². The third-order valence-electron chi connectivity index (χ3n) is 31.9. The van der Waals surface area contributed by atoms with Crippen LogP contribution in [-0.2, 0) is 138 Å². The average molecular weight is 2110 g/mol. The normalized spacial score (nSPS) is 30.7. The molecule has 19 saturated carbocycles. The fraction of sp³-hybridized carbons (Fsp3) is 0.865. The molecule has 0 radical (unpaired) electrons. The molecule has 0 N–H and O–H groups in total. The first-order valence-corrected chi connectivity index (χ1v) is 51.8. The molecule has 830 valence electrons. The van der Waals surface area contributed by atoms with Crippen molar-refractivity contribution >= 4 is 83.6 Å². The van der Waals surface area contributed by atoms with Crippen molar-refractivity contribution < 1.29 is 195 Å². The molecule has 1 saturated heterocycles. The quantitative estimate of drug-likeness (QED) is 0.0323. The van der Waals surface area contributed by atoms with Crippen molar-refractivity contribution in [3.63, 3.8) is 0 Å². The first-order valence-electron chi connectivity index (χ1n) is 51.8. The Bertz CT molecular complexity index is 4020. The van der Waals surface area contributed by atoms with Gasteiger partial charge in [0.1, 0.15) is 6.61 Å². The van der Waals surface area contributed by atoms with Gasteiger partial charge in [-0.1, -0.05) is 25.7 Å². The zero-order valence-corrected chi connectivity index (χ0v) is 85.6. The van der Waals surface area contributed by atoms with Gasteiger partial charge in [-0.2, -0.15) is 48.3 Å². The number of fused-ring (bicyclic) bond motifs is 2. The van der Waals surface area contributed by atoms with Crippen molar-refractivity contribution in [3.8, 4) is 0 Å². The summed E-state index contributed by atoms with van der Waals surface area (Å²) in [7, 11) is 0. The van der Waals surface area contributed by atoms with Crippen molar-refractivity contribution in [2.75, 3.05) is 99.1 Å². The Morgan fingerprint density at radius 2 is 0.493 bits per heavy atom. The standard InChI is InChI=1S/C18H25F3O4.2C17H25FO4.C16H22F2O4.C13H18F2O4.C12H18F2O4.C11H16F2O5/c1-16(2,18(19,20)21)15(23)24-9-14(22)25-10-17-6-11-3-12(7-17)5-13(4-11)8-17;2*1-16(2,18)15(20)21-9-14(19)22-10-17-6-11-3-12(7-17)5-13(4-11)8-17;1-15(17,18)14(20)21-8-13(19)22-9-16-5-10-2-11(6-16)4-12(3-10)7-16;1-13(14,15)12(17)19-7-11(16)18-6-10-5-8-2-3-9(10)4-8;1-12(13,14)11(16)18-8-10(15)17-7-9-5-3-2-4-6-9;1-11(12,13)10(15)18-7-9(14)17-6-8-4-2-3-5-16-8/h11-13H,3-10H2,1-2H3;2*11-13H,3-10H2,1-2H3;10-12H,2-9H2,1H3;8-10H,2-7H2,1H3;9H,2-8H2,1H3;8H,2-7H2,1H3. The number of hydrogen-bond donors (Lipinski definition) is 0. The van der Waals surface area contributed by atoms with Crippen LogP contribution in [0.15, 0.2) is 0 Å². The summed E-state index contributed by atoms with van der Waals surface area (Å²) < 4.78 is 236. The molecule has 146 heavy (non-hydrogen) atoms. The second kappa shape index (κ2) is 50.7. The van der Waals surface area contributed by atoms with Gasteiger partial charge in [-0.25, -0.2) is 71.1 Å². The van der Waals surface area contributed by atoms with E-state index < -0.39 is 176 Å². The van der Waals surface area contributed by atoms with Crippen molar-refractivity contribution in [2.24, 2.45) is 122 Å². The Hall–Kier alpha value is -8.37. The average Bonchev–Trinajstić information content (AvgIpc) is 1.02. The highest BCUT2D eigenvalue weighted by molar-refractivity contribution is 5.85. The lowest BCUT2D eigenvalue weighted by Crippen LogP contribution is -2.48. The van der Waals surface area contributed by atoms with E-state index in [2.05, 4.69) is 33.2 Å². The third kappa shape index (κ3) is 37.0. The molecule has 18 bridgehead atoms. The molecule has 4 atom stereocenters. The number of ether oxygens (including phenoxy) is 15. The molecule has 20 rings (SSSR count). The summed E-state index contributed by atoms with van der Waals surface area (Å²) in [6.45, 7) is 5.47. The van der Waals surface area contributed by atoms with Gasteiger partial charge in [0.05, 0.1) is 45.7 Å². The van der Waals surface area contributed by atoms with Crippen LogP contribution >= 0.6 is 0 Å². The summed E-state index contributed by atoms with van der Waals surface area (Å²) in [5.74, 6) is -18.5. The maximum atomic E-state index is 13.3. The Kier molecular flexibility index (Phi) is 41.5. The molecule has 0 amide bonds. The van der Waals surface area contributed by atoms with Crippen LogP contribution in [0.2, 0.25) is 0 Å². The smallest absolute Gasteiger partial charge is 0.404 e. The highest BCUT2D eigenvalue weighted by atomic mass is 19.4. The summed E-state index contributed by atoms with van der Waals surface area (Å²) in [6, 6.07) is 0. The molecule has 19 aliphatic carbocycles. The van der Waals surface area contributed by atoms with Crippen LogP contribution in [0.5, 0.6) is 0 Å². The lowest BCUT2D eigenvalue weighted by atomic mass is 9.50. The first kappa shape index (κ1) is 119.